The lowest BCUT2D eigenvalue weighted by molar-refractivity contribution is 0.0897. The molecule has 2 aromatic carbocycles. The molecule has 0 fully saturated rings. The molecule has 3 nitrogen and oxygen atoms in total. The maximum atomic E-state index is 12.9. The number of azo groups is 1. The average molecular weight is 297 g/mol. The fourth-order valence-corrected chi connectivity index (χ4v) is 3.53. The average Bonchev–Trinajstić information content (AvgIpc) is 3.04. The number of Topliss-reactive ketones (excluding diaryl/α,β-unsaturated/α-hetero) is 1. The number of hydrogen-bond donors (Lipinski definition) is 0. The van der Waals surface area contributed by atoms with Crippen LogP contribution in [0.15, 0.2) is 58.8 Å². The summed E-state index contributed by atoms with van der Waals surface area (Å²) in [5.74, 6) is 0.0916. The van der Waals surface area contributed by atoms with Crippen LogP contribution in [0.25, 0.3) is 0 Å². The van der Waals surface area contributed by atoms with Gasteiger partial charge in [0.1, 0.15) is 0 Å². The normalized spacial score (nSPS) is 26.5. The number of carbonyl (C=O) groups excluding carboxylic acids is 1. The second-order valence-electron chi connectivity index (χ2n) is 5.62. The molecular weight excluding hydrogens is 284 g/mol. The third kappa shape index (κ3) is 1.77. The molecule has 0 saturated carbocycles. The van der Waals surface area contributed by atoms with Gasteiger partial charge >= 0.3 is 0 Å². The molecule has 0 saturated heterocycles. The molecule has 21 heavy (non-hydrogen) atoms. The van der Waals surface area contributed by atoms with Gasteiger partial charge in [0.25, 0.3) is 0 Å². The quantitative estimate of drug-likeness (QED) is 0.782. The van der Waals surface area contributed by atoms with E-state index in [1.165, 1.54) is 0 Å². The van der Waals surface area contributed by atoms with Gasteiger partial charge in [0.05, 0.1) is 6.54 Å². The Labute approximate surface area is 127 Å². The van der Waals surface area contributed by atoms with E-state index >= 15 is 0 Å². The number of nitrogens with zero attached hydrogens (tertiary/aromatic N) is 2. The van der Waals surface area contributed by atoms with Crippen LogP contribution in [-0.2, 0) is 6.42 Å². The van der Waals surface area contributed by atoms with Crippen LogP contribution in [0.3, 0.4) is 0 Å². The van der Waals surface area contributed by atoms with Crippen LogP contribution < -0.4 is 0 Å². The number of halogens is 1. The third-order valence-electron chi connectivity index (χ3n) is 4.48. The van der Waals surface area contributed by atoms with Gasteiger partial charge in [-0.3, -0.25) is 4.79 Å². The standard InChI is InChI=1S/C17H13ClN2O/c18-13-7-5-11(6-8-13)15-10-19-20-17(15)9-12-3-1-2-4-14(12)16(17)21/h1-8,15H,9-10H2/t15-,17+/m0/s1. The minimum Gasteiger partial charge on any atom is -0.291 e. The summed E-state index contributed by atoms with van der Waals surface area (Å²) in [7, 11) is 0. The number of carbonyl (C=O) groups is 1. The monoisotopic (exact) mass is 296 g/mol. The molecule has 0 radical (unpaired) electrons. The molecule has 1 spiro atoms. The number of rotatable bonds is 1. The van der Waals surface area contributed by atoms with E-state index in [1.54, 1.807) is 0 Å². The molecule has 4 rings (SSSR count). The Kier molecular flexibility index (Phi) is 2.73. The molecule has 4 heteroatoms. The van der Waals surface area contributed by atoms with Gasteiger partial charge in [-0.1, -0.05) is 48.0 Å². The lowest BCUT2D eigenvalue weighted by atomic mass is 9.78. The minimum atomic E-state index is -0.752. The highest BCUT2D eigenvalue weighted by atomic mass is 35.5. The number of benzene rings is 2. The summed E-state index contributed by atoms with van der Waals surface area (Å²) in [6.45, 7) is 0.557. The van der Waals surface area contributed by atoms with Gasteiger partial charge in [-0.05, 0) is 23.3 Å². The Bertz CT molecular complexity index is 754. The first-order valence-corrected chi connectivity index (χ1v) is 7.35. The van der Waals surface area contributed by atoms with E-state index in [-0.39, 0.29) is 11.7 Å². The first kappa shape index (κ1) is 12.7. The minimum absolute atomic E-state index is 0.00494. The van der Waals surface area contributed by atoms with E-state index < -0.39 is 5.54 Å². The Balaban J connectivity index is 1.79. The Hall–Kier alpha value is -2.00. The van der Waals surface area contributed by atoms with Crippen LogP contribution in [0.1, 0.15) is 27.4 Å². The van der Waals surface area contributed by atoms with Crippen LogP contribution in [0.4, 0.5) is 0 Å². The summed E-state index contributed by atoms with van der Waals surface area (Å²) < 4.78 is 0. The van der Waals surface area contributed by atoms with Gasteiger partial charge in [-0.2, -0.15) is 10.2 Å². The van der Waals surface area contributed by atoms with Gasteiger partial charge < -0.3 is 0 Å². The first-order chi connectivity index (χ1) is 10.2. The zero-order valence-electron chi connectivity index (χ0n) is 11.3. The van der Waals surface area contributed by atoms with Crippen molar-refractivity contribution in [1.29, 1.82) is 0 Å². The fraction of sp³-hybridized carbons (Fsp3) is 0.235. The molecule has 2 aromatic rings. The fourth-order valence-electron chi connectivity index (χ4n) is 3.41. The van der Waals surface area contributed by atoms with Crippen LogP contribution in [0, 0.1) is 0 Å². The van der Waals surface area contributed by atoms with Crippen molar-refractivity contribution in [2.75, 3.05) is 6.54 Å². The van der Waals surface area contributed by atoms with E-state index in [1.807, 2.05) is 48.5 Å². The zero-order chi connectivity index (χ0) is 14.4. The summed E-state index contributed by atoms with van der Waals surface area (Å²) in [5.41, 5.74) is 2.18. The van der Waals surface area contributed by atoms with Crippen molar-refractivity contribution in [1.82, 2.24) is 0 Å². The molecule has 1 heterocycles. The SMILES string of the molecule is O=C1c2ccccc2C[C@]12N=NC[C@H]2c1ccc(Cl)cc1. The van der Waals surface area contributed by atoms with Crippen LogP contribution >= 0.6 is 11.6 Å². The summed E-state index contributed by atoms with van der Waals surface area (Å²) >= 11 is 5.96. The smallest absolute Gasteiger partial charge is 0.193 e. The Morgan fingerprint density at radius 3 is 2.62 bits per heavy atom. The van der Waals surface area contributed by atoms with E-state index in [0.717, 1.165) is 16.7 Å². The molecule has 0 amide bonds. The van der Waals surface area contributed by atoms with Gasteiger partial charge in [0.2, 0.25) is 0 Å². The first-order valence-electron chi connectivity index (χ1n) is 6.97. The molecule has 1 aliphatic heterocycles. The number of hydrogen-bond acceptors (Lipinski definition) is 3. The van der Waals surface area contributed by atoms with Crippen LogP contribution in [-0.4, -0.2) is 17.9 Å². The van der Waals surface area contributed by atoms with Gasteiger partial charge in [-0.25, -0.2) is 0 Å². The van der Waals surface area contributed by atoms with Crippen LogP contribution in [0.2, 0.25) is 5.02 Å². The second-order valence-corrected chi connectivity index (χ2v) is 6.05. The predicted molar refractivity (Wildman–Crippen MR) is 81.1 cm³/mol. The predicted octanol–water partition coefficient (Wildman–Crippen LogP) is 4.07. The molecule has 2 atom stereocenters. The topological polar surface area (TPSA) is 41.8 Å². The largest absolute Gasteiger partial charge is 0.291 e. The molecule has 0 unspecified atom stereocenters. The molecule has 0 bridgehead atoms. The highest BCUT2D eigenvalue weighted by Gasteiger charge is 2.54. The highest BCUT2D eigenvalue weighted by molar-refractivity contribution is 6.30. The Morgan fingerprint density at radius 2 is 1.86 bits per heavy atom. The lowest BCUT2D eigenvalue weighted by Gasteiger charge is -2.25. The summed E-state index contributed by atoms with van der Waals surface area (Å²) in [5, 5.41) is 9.28. The molecule has 2 aliphatic rings. The van der Waals surface area contributed by atoms with Gasteiger partial charge in [0.15, 0.2) is 11.3 Å². The van der Waals surface area contributed by atoms with Crippen molar-refractivity contribution in [2.45, 2.75) is 17.9 Å². The summed E-state index contributed by atoms with van der Waals surface area (Å²) in [6, 6.07) is 15.4. The molecule has 0 aromatic heterocycles. The van der Waals surface area contributed by atoms with Crippen molar-refractivity contribution < 1.29 is 4.79 Å². The number of ketones is 1. The van der Waals surface area contributed by atoms with Crippen molar-refractivity contribution in [3.8, 4) is 0 Å². The van der Waals surface area contributed by atoms with E-state index in [9.17, 15) is 4.79 Å². The van der Waals surface area contributed by atoms with E-state index in [4.69, 9.17) is 11.6 Å². The van der Waals surface area contributed by atoms with E-state index in [2.05, 4.69) is 10.2 Å². The zero-order valence-corrected chi connectivity index (χ0v) is 12.0. The maximum absolute atomic E-state index is 12.9. The second kappa shape index (κ2) is 4.50. The van der Waals surface area contributed by atoms with Gasteiger partial charge in [-0.15, -0.1) is 0 Å². The van der Waals surface area contributed by atoms with Crippen LogP contribution in [0.5, 0.6) is 0 Å². The van der Waals surface area contributed by atoms with Crippen molar-refractivity contribution in [2.24, 2.45) is 10.2 Å². The van der Waals surface area contributed by atoms with Crippen molar-refractivity contribution in [3.63, 3.8) is 0 Å². The molecular formula is C17H13ClN2O. The van der Waals surface area contributed by atoms with Crippen molar-refractivity contribution >= 4 is 17.4 Å². The number of fused-ring (bicyclic) bond motifs is 1. The van der Waals surface area contributed by atoms with Gasteiger partial charge in [0, 0.05) is 22.9 Å². The molecule has 0 N–H and O–H groups in total. The highest BCUT2D eigenvalue weighted by Crippen LogP contribution is 2.46. The maximum Gasteiger partial charge on any atom is 0.193 e. The Morgan fingerprint density at radius 1 is 1.10 bits per heavy atom. The van der Waals surface area contributed by atoms with E-state index in [0.29, 0.717) is 18.0 Å². The van der Waals surface area contributed by atoms with Crippen molar-refractivity contribution in [3.05, 3.63) is 70.2 Å². The lowest BCUT2D eigenvalue weighted by Crippen LogP contribution is -2.38. The molecule has 1 aliphatic carbocycles. The summed E-state index contributed by atoms with van der Waals surface area (Å²) in [4.78, 5) is 12.9. The third-order valence-corrected chi connectivity index (χ3v) is 4.73. The summed E-state index contributed by atoms with van der Waals surface area (Å²) in [6.07, 6.45) is 0.638. The molecule has 104 valence electrons.